The quantitative estimate of drug-likeness (QED) is 0.889. The number of rotatable bonds is 4. The van der Waals surface area contributed by atoms with Crippen molar-refractivity contribution in [2.75, 3.05) is 26.2 Å². The summed E-state index contributed by atoms with van der Waals surface area (Å²) in [6.07, 6.45) is 0.160. The molecule has 2 rings (SSSR count). The van der Waals surface area contributed by atoms with E-state index in [2.05, 4.69) is 5.32 Å². The topological polar surface area (TPSA) is 41.6 Å². The fourth-order valence-electron chi connectivity index (χ4n) is 2.13. The van der Waals surface area contributed by atoms with Crippen molar-refractivity contribution in [2.24, 2.45) is 0 Å². The van der Waals surface area contributed by atoms with Crippen molar-refractivity contribution in [1.82, 2.24) is 10.2 Å². The van der Waals surface area contributed by atoms with E-state index in [4.69, 9.17) is 4.74 Å². The van der Waals surface area contributed by atoms with Crippen LogP contribution in [0.3, 0.4) is 0 Å². The second-order valence-corrected chi connectivity index (χ2v) is 4.78. The molecule has 1 heterocycles. The highest BCUT2D eigenvalue weighted by atomic mass is 19.1. The third-order valence-electron chi connectivity index (χ3n) is 3.13. The van der Waals surface area contributed by atoms with Crippen LogP contribution in [0, 0.1) is 5.82 Å². The number of amides is 1. The van der Waals surface area contributed by atoms with Gasteiger partial charge < -0.3 is 10.1 Å². The van der Waals surface area contributed by atoms with Gasteiger partial charge in [-0.2, -0.15) is 0 Å². The van der Waals surface area contributed by atoms with E-state index in [1.54, 1.807) is 18.2 Å². The van der Waals surface area contributed by atoms with E-state index in [0.717, 1.165) is 13.1 Å². The molecule has 1 aliphatic heterocycles. The summed E-state index contributed by atoms with van der Waals surface area (Å²) in [6.45, 7) is 4.73. The lowest BCUT2D eigenvalue weighted by molar-refractivity contribution is -0.124. The Hall–Kier alpha value is -1.46. The number of hydrogen-bond acceptors (Lipinski definition) is 3. The Balaban J connectivity index is 1.77. The summed E-state index contributed by atoms with van der Waals surface area (Å²) < 4.78 is 18.8. The molecule has 1 atom stereocenters. The zero-order valence-corrected chi connectivity index (χ0v) is 11.1. The molecule has 0 aromatic heterocycles. The molecule has 1 aliphatic rings. The van der Waals surface area contributed by atoms with E-state index in [0.29, 0.717) is 18.7 Å². The minimum Gasteiger partial charge on any atom is -0.376 e. The molecule has 1 aromatic carbocycles. The number of halogens is 1. The fraction of sp³-hybridized carbons (Fsp3) is 0.500. The van der Waals surface area contributed by atoms with E-state index in [1.165, 1.54) is 6.07 Å². The Morgan fingerprint density at radius 1 is 1.53 bits per heavy atom. The molecule has 5 heteroatoms. The van der Waals surface area contributed by atoms with Crippen LogP contribution in [0.5, 0.6) is 0 Å². The monoisotopic (exact) mass is 266 g/mol. The Morgan fingerprint density at radius 2 is 2.32 bits per heavy atom. The number of carbonyl (C=O) groups excluding carboxylic acids is 1. The number of nitrogens with one attached hydrogen (secondary N) is 1. The van der Waals surface area contributed by atoms with Crippen molar-refractivity contribution in [3.63, 3.8) is 0 Å². The van der Waals surface area contributed by atoms with Gasteiger partial charge >= 0.3 is 0 Å². The van der Waals surface area contributed by atoms with Crippen LogP contribution in [-0.4, -0.2) is 43.2 Å². The average molecular weight is 266 g/mol. The van der Waals surface area contributed by atoms with E-state index in [9.17, 15) is 9.18 Å². The highest BCUT2D eigenvalue weighted by molar-refractivity contribution is 5.78. The van der Waals surface area contributed by atoms with Crippen LogP contribution >= 0.6 is 0 Å². The maximum absolute atomic E-state index is 13.4. The first kappa shape index (κ1) is 14.0. The second kappa shape index (κ2) is 6.63. The lowest BCUT2D eigenvalue weighted by Crippen LogP contribution is -2.45. The van der Waals surface area contributed by atoms with Crippen LogP contribution in [0.15, 0.2) is 24.3 Å². The molecule has 0 radical (unpaired) electrons. The van der Waals surface area contributed by atoms with Gasteiger partial charge in [0.15, 0.2) is 0 Å². The maximum atomic E-state index is 13.4. The molecule has 1 saturated heterocycles. The molecule has 0 spiro atoms. The minimum atomic E-state index is -0.289. The Morgan fingerprint density at radius 3 is 3.05 bits per heavy atom. The van der Waals surface area contributed by atoms with Crippen LogP contribution in [0.25, 0.3) is 0 Å². The van der Waals surface area contributed by atoms with E-state index >= 15 is 0 Å². The Bertz CT molecular complexity index is 439. The smallest absolute Gasteiger partial charge is 0.234 e. The number of ether oxygens (including phenoxy) is 1. The van der Waals surface area contributed by atoms with E-state index in [1.807, 2.05) is 11.8 Å². The zero-order chi connectivity index (χ0) is 13.7. The fourth-order valence-corrected chi connectivity index (χ4v) is 2.13. The summed E-state index contributed by atoms with van der Waals surface area (Å²) >= 11 is 0. The lowest BCUT2D eigenvalue weighted by Gasteiger charge is -2.30. The highest BCUT2D eigenvalue weighted by Gasteiger charge is 2.18. The molecule has 1 fully saturated rings. The minimum absolute atomic E-state index is 0.0858. The average Bonchev–Trinajstić information content (AvgIpc) is 2.38. The first-order valence-corrected chi connectivity index (χ1v) is 6.49. The number of morpholine rings is 1. The number of nitrogens with zero attached hydrogens (tertiary/aromatic N) is 1. The Labute approximate surface area is 112 Å². The van der Waals surface area contributed by atoms with Crippen molar-refractivity contribution in [3.05, 3.63) is 35.6 Å². The molecule has 0 aliphatic carbocycles. The van der Waals surface area contributed by atoms with Crippen LogP contribution in [0.2, 0.25) is 0 Å². The van der Waals surface area contributed by atoms with E-state index < -0.39 is 0 Å². The Kier molecular flexibility index (Phi) is 4.87. The molecule has 1 aromatic rings. The predicted octanol–water partition coefficient (Wildman–Crippen LogP) is 1.16. The number of hydrogen-bond donors (Lipinski definition) is 1. The van der Waals surface area contributed by atoms with Crippen molar-refractivity contribution in [1.29, 1.82) is 0 Å². The van der Waals surface area contributed by atoms with Crippen LogP contribution in [0.4, 0.5) is 4.39 Å². The maximum Gasteiger partial charge on any atom is 0.234 e. The molecular weight excluding hydrogens is 247 g/mol. The summed E-state index contributed by atoms with van der Waals surface area (Å²) in [7, 11) is 0. The predicted molar refractivity (Wildman–Crippen MR) is 70.1 cm³/mol. The van der Waals surface area contributed by atoms with Gasteiger partial charge in [-0.05, 0) is 13.0 Å². The molecule has 19 heavy (non-hydrogen) atoms. The summed E-state index contributed by atoms with van der Waals surface area (Å²) in [5.41, 5.74) is 0.506. The second-order valence-electron chi connectivity index (χ2n) is 4.78. The van der Waals surface area contributed by atoms with Crippen LogP contribution < -0.4 is 5.32 Å². The van der Waals surface area contributed by atoms with Crippen molar-refractivity contribution in [2.45, 2.75) is 19.6 Å². The normalized spacial score (nSPS) is 20.2. The zero-order valence-electron chi connectivity index (χ0n) is 11.1. The third-order valence-corrected chi connectivity index (χ3v) is 3.13. The standard InChI is InChI=1S/C14H19FN2O2/c1-11-9-17(6-7-19-11)10-14(18)16-8-12-4-2-3-5-13(12)15/h2-5,11H,6-10H2,1H3,(H,16,18)/t11-/m1/s1. The van der Waals surface area contributed by atoms with Crippen molar-refractivity contribution < 1.29 is 13.9 Å². The molecule has 1 N–H and O–H groups in total. The highest BCUT2D eigenvalue weighted by Crippen LogP contribution is 2.06. The van der Waals surface area contributed by atoms with Gasteiger partial charge in [-0.1, -0.05) is 18.2 Å². The van der Waals surface area contributed by atoms with Gasteiger partial charge in [-0.25, -0.2) is 4.39 Å². The molecule has 4 nitrogen and oxygen atoms in total. The van der Waals surface area contributed by atoms with Crippen molar-refractivity contribution in [3.8, 4) is 0 Å². The summed E-state index contributed by atoms with van der Waals surface area (Å²) in [6, 6.07) is 6.46. The first-order valence-electron chi connectivity index (χ1n) is 6.49. The molecular formula is C14H19FN2O2. The van der Waals surface area contributed by atoms with Gasteiger partial charge in [-0.3, -0.25) is 9.69 Å². The SMILES string of the molecule is C[C@@H]1CN(CC(=O)NCc2ccccc2F)CCO1. The number of carbonyl (C=O) groups is 1. The van der Waals surface area contributed by atoms with Crippen LogP contribution in [0.1, 0.15) is 12.5 Å². The van der Waals surface area contributed by atoms with Gasteiger partial charge in [0.05, 0.1) is 19.3 Å². The largest absolute Gasteiger partial charge is 0.376 e. The molecule has 1 amide bonds. The molecule has 0 bridgehead atoms. The summed E-state index contributed by atoms with van der Waals surface area (Å²) in [4.78, 5) is 13.8. The van der Waals surface area contributed by atoms with Crippen molar-refractivity contribution >= 4 is 5.91 Å². The first-order chi connectivity index (χ1) is 9.15. The summed E-state index contributed by atoms with van der Waals surface area (Å²) in [5, 5.41) is 2.74. The van der Waals surface area contributed by atoms with E-state index in [-0.39, 0.29) is 24.4 Å². The summed E-state index contributed by atoms with van der Waals surface area (Å²) in [5.74, 6) is -0.375. The van der Waals surface area contributed by atoms with Gasteiger partial charge in [0, 0.05) is 25.2 Å². The van der Waals surface area contributed by atoms with Gasteiger partial charge in [0.25, 0.3) is 0 Å². The third kappa shape index (κ3) is 4.29. The van der Waals surface area contributed by atoms with Gasteiger partial charge in [0.1, 0.15) is 5.82 Å². The van der Waals surface area contributed by atoms with Gasteiger partial charge in [0.2, 0.25) is 5.91 Å². The number of benzene rings is 1. The molecule has 0 unspecified atom stereocenters. The molecule has 104 valence electrons. The molecule has 0 saturated carbocycles. The lowest BCUT2D eigenvalue weighted by atomic mass is 10.2. The van der Waals surface area contributed by atoms with Gasteiger partial charge in [-0.15, -0.1) is 0 Å². The van der Waals surface area contributed by atoms with Crippen LogP contribution in [-0.2, 0) is 16.1 Å².